The molecule has 0 bridgehead atoms. The van der Waals surface area contributed by atoms with Crippen molar-refractivity contribution in [3.05, 3.63) is 0 Å². The second kappa shape index (κ2) is 4.30. The molecule has 1 rings (SSSR count). The van der Waals surface area contributed by atoms with Gasteiger partial charge in [0.2, 0.25) is 0 Å². The van der Waals surface area contributed by atoms with E-state index >= 15 is 0 Å². The van der Waals surface area contributed by atoms with Crippen molar-refractivity contribution < 1.29 is 9.90 Å². The minimum absolute atomic E-state index is 0.123. The van der Waals surface area contributed by atoms with Gasteiger partial charge in [0.05, 0.1) is 0 Å². The maximum Gasteiger partial charge on any atom is 0.404 e. The molecule has 0 aromatic heterocycles. The molecule has 0 aromatic rings. The standard InChI is InChI=1S/C8H16N2O2/c1-6-2-4-9-5-3-7(6)10-8(11)12/h6-7,9-10H,2-5H2,1H3,(H,11,12). The van der Waals surface area contributed by atoms with Gasteiger partial charge in [0.1, 0.15) is 0 Å². The van der Waals surface area contributed by atoms with Crippen LogP contribution in [-0.4, -0.2) is 30.3 Å². The molecule has 0 aromatic carbocycles. The van der Waals surface area contributed by atoms with Crippen LogP contribution in [0, 0.1) is 5.92 Å². The zero-order valence-corrected chi connectivity index (χ0v) is 7.34. The summed E-state index contributed by atoms with van der Waals surface area (Å²) in [6.07, 6.45) is 1.03. The van der Waals surface area contributed by atoms with Crippen molar-refractivity contribution >= 4 is 6.09 Å². The van der Waals surface area contributed by atoms with E-state index in [4.69, 9.17) is 5.11 Å². The second-order valence-electron chi connectivity index (χ2n) is 3.36. The molecular formula is C8H16N2O2. The van der Waals surface area contributed by atoms with Crippen molar-refractivity contribution in [1.82, 2.24) is 10.6 Å². The number of carboxylic acid groups (broad SMARTS) is 1. The lowest BCUT2D eigenvalue weighted by molar-refractivity contribution is 0.184. The van der Waals surface area contributed by atoms with Crippen LogP contribution in [0.15, 0.2) is 0 Å². The van der Waals surface area contributed by atoms with Crippen molar-refractivity contribution in [2.45, 2.75) is 25.8 Å². The van der Waals surface area contributed by atoms with Gasteiger partial charge in [0, 0.05) is 6.04 Å². The van der Waals surface area contributed by atoms with Crippen LogP contribution in [0.1, 0.15) is 19.8 Å². The molecule has 1 aliphatic rings. The fourth-order valence-corrected chi connectivity index (χ4v) is 1.57. The quantitative estimate of drug-likeness (QED) is 0.544. The third-order valence-electron chi connectivity index (χ3n) is 2.40. The highest BCUT2D eigenvalue weighted by atomic mass is 16.4. The van der Waals surface area contributed by atoms with E-state index in [1.165, 1.54) is 0 Å². The monoisotopic (exact) mass is 172 g/mol. The van der Waals surface area contributed by atoms with E-state index in [-0.39, 0.29) is 6.04 Å². The van der Waals surface area contributed by atoms with E-state index in [2.05, 4.69) is 17.6 Å². The summed E-state index contributed by atoms with van der Waals surface area (Å²) in [4.78, 5) is 10.4. The van der Waals surface area contributed by atoms with E-state index in [1.807, 2.05) is 0 Å². The highest BCUT2D eigenvalue weighted by Gasteiger charge is 2.20. The van der Waals surface area contributed by atoms with Gasteiger partial charge in [-0.05, 0) is 31.8 Å². The number of hydrogen-bond donors (Lipinski definition) is 3. The Labute approximate surface area is 72.3 Å². The average Bonchev–Trinajstić information content (AvgIpc) is 2.16. The number of rotatable bonds is 1. The number of nitrogens with one attached hydrogen (secondary N) is 2. The van der Waals surface area contributed by atoms with Gasteiger partial charge in [-0.1, -0.05) is 6.92 Å². The van der Waals surface area contributed by atoms with Gasteiger partial charge in [-0.2, -0.15) is 0 Å². The highest BCUT2D eigenvalue weighted by molar-refractivity contribution is 5.64. The molecule has 3 N–H and O–H groups in total. The molecule has 0 saturated carbocycles. The van der Waals surface area contributed by atoms with Gasteiger partial charge in [-0.15, -0.1) is 0 Å². The maximum atomic E-state index is 10.4. The van der Waals surface area contributed by atoms with Gasteiger partial charge >= 0.3 is 6.09 Å². The fraction of sp³-hybridized carbons (Fsp3) is 0.875. The Morgan fingerprint density at radius 1 is 1.50 bits per heavy atom. The maximum absolute atomic E-state index is 10.4. The predicted molar refractivity (Wildman–Crippen MR) is 46.2 cm³/mol. The molecule has 1 saturated heterocycles. The predicted octanol–water partition coefficient (Wildman–Crippen LogP) is 0.642. The van der Waals surface area contributed by atoms with Crippen molar-refractivity contribution in [3.8, 4) is 0 Å². The zero-order chi connectivity index (χ0) is 8.97. The molecule has 2 atom stereocenters. The summed E-state index contributed by atoms with van der Waals surface area (Å²) in [5.74, 6) is 0.441. The number of hydrogen-bond acceptors (Lipinski definition) is 2. The lowest BCUT2D eigenvalue weighted by atomic mass is 9.97. The van der Waals surface area contributed by atoms with E-state index in [9.17, 15) is 4.79 Å². The third kappa shape index (κ3) is 2.70. The summed E-state index contributed by atoms with van der Waals surface area (Å²) in [6, 6.07) is 0.123. The van der Waals surface area contributed by atoms with Crippen molar-refractivity contribution in [1.29, 1.82) is 0 Å². The summed E-state index contributed by atoms with van der Waals surface area (Å²) in [6.45, 7) is 4.00. The normalized spacial score (nSPS) is 30.8. The summed E-state index contributed by atoms with van der Waals surface area (Å²) < 4.78 is 0. The van der Waals surface area contributed by atoms with E-state index < -0.39 is 6.09 Å². The zero-order valence-electron chi connectivity index (χ0n) is 7.34. The molecule has 0 aliphatic carbocycles. The Kier molecular flexibility index (Phi) is 3.34. The van der Waals surface area contributed by atoms with Crippen LogP contribution in [0.3, 0.4) is 0 Å². The van der Waals surface area contributed by atoms with Crippen LogP contribution in [0.5, 0.6) is 0 Å². The van der Waals surface area contributed by atoms with Gasteiger partial charge in [-0.3, -0.25) is 0 Å². The first kappa shape index (κ1) is 9.32. The van der Waals surface area contributed by atoms with Crippen LogP contribution in [-0.2, 0) is 0 Å². The summed E-state index contributed by atoms with van der Waals surface area (Å²) in [5.41, 5.74) is 0. The Hall–Kier alpha value is -0.770. The Balaban J connectivity index is 2.41. The van der Waals surface area contributed by atoms with Gasteiger partial charge < -0.3 is 15.7 Å². The van der Waals surface area contributed by atoms with Gasteiger partial charge in [-0.25, -0.2) is 4.79 Å². The third-order valence-corrected chi connectivity index (χ3v) is 2.40. The van der Waals surface area contributed by atoms with Crippen molar-refractivity contribution in [3.63, 3.8) is 0 Å². The summed E-state index contributed by atoms with van der Waals surface area (Å²) >= 11 is 0. The first-order chi connectivity index (χ1) is 5.70. The highest BCUT2D eigenvalue weighted by Crippen LogP contribution is 2.13. The van der Waals surface area contributed by atoms with Crippen LogP contribution < -0.4 is 10.6 Å². The number of amides is 1. The molecule has 0 spiro atoms. The molecule has 2 unspecified atom stereocenters. The lowest BCUT2D eigenvalue weighted by Crippen LogP contribution is -2.38. The molecule has 1 aliphatic heterocycles. The average molecular weight is 172 g/mol. The summed E-state index contributed by atoms with van der Waals surface area (Å²) in [7, 11) is 0. The smallest absolute Gasteiger partial charge is 0.404 e. The first-order valence-electron chi connectivity index (χ1n) is 4.40. The van der Waals surface area contributed by atoms with Crippen LogP contribution in [0.25, 0.3) is 0 Å². The molecule has 1 fully saturated rings. The van der Waals surface area contributed by atoms with Crippen molar-refractivity contribution in [2.24, 2.45) is 5.92 Å². The Morgan fingerprint density at radius 2 is 2.17 bits per heavy atom. The molecular weight excluding hydrogens is 156 g/mol. The molecule has 1 heterocycles. The first-order valence-corrected chi connectivity index (χ1v) is 4.40. The number of carbonyl (C=O) groups is 1. The SMILES string of the molecule is CC1CCNCCC1NC(=O)O. The van der Waals surface area contributed by atoms with Gasteiger partial charge in [0.15, 0.2) is 0 Å². The van der Waals surface area contributed by atoms with E-state index in [0.29, 0.717) is 5.92 Å². The van der Waals surface area contributed by atoms with Crippen molar-refractivity contribution in [2.75, 3.05) is 13.1 Å². The molecule has 0 radical (unpaired) electrons. The molecule has 1 amide bonds. The van der Waals surface area contributed by atoms with Crippen LogP contribution in [0.2, 0.25) is 0 Å². The lowest BCUT2D eigenvalue weighted by Gasteiger charge is -2.20. The molecule has 70 valence electrons. The van der Waals surface area contributed by atoms with Crippen LogP contribution in [0.4, 0.5) is 4.79 Å². The fourth-order valence-electron chi connectivity index (χ4n) is 1.57. The summed E-state index contributed by atoms with van der Waals surface area (Å²) in [5, 5.41) is 14.3. The molecule has 12 heavy (non-hydrogen) atoms. The molecule has 4 heteroatoms. The second-order valence-corrected chi connectivity index (χ2v) is 3.36. The van der Waals surface area contributed by atoms with E-state index in [1.54, 1.807) is 0 Å². The minimum Gasteiger partial charge on any atom is -0.465 e. The Bertz CT molecular complexity index is 161. The van der Waals surface area contributed by atoms with Gasteiger partial charge in [0.25, 0.3) is 0 Å². The van der Waals surface area contributed by atoms with Crippen LogP contribution >= 0.6 is 0 Å². The molecule has 4 nitrogen and oxygen atoms in total. The minimum atomic E-state index is -0.909. The topological polar surface area (TPSA) is 61.4 Å². The largest absolute Gasteiger partial charge is 0.465 e. The van der Waals surface area contributed by atoms with E-state index in [0.717, 1.165) is 25.9 Å². The Morgan fingerprint density at radius 3 is 2.83 bits per heavy atom.